The van der Waals surface area contributed by atoms with Gasteiger partial charge in [0, 0.05) is 5.41 Å². The number of nitrogens with two attached hydrogens (primary N) is 2. The van der Waals surface area contributed by atoms with E-state index in [9.17, 15) is 0 Å². The number of hydrogen-bond donors (Lipinski definition) is 2. The van der Waals surface area contributed by atoms with Crippen molar-refractivity contribution in [3.8, 4) is 0 Å². The third-order valence-corrected chi connectivity index (χ3v) is 2.46. The number of aliphatic imine (C=N–C) groups is 1. The Balaban J connectivity index is 0.00000225. The summed E-state index contributed by atoms with van der Waals surface area (Å²) in [6.45, 7) is 6.96. The van der Waals surface area contributed by atoms with Crippen LogP contribution in [0.5, 0.6) is 0 Å². The highest BCUT2D eigenvalue weighted by atomic mass is 127. The van der Waals surface area contributed by atoms with Gasteiger partial charge in [-0.15, -0.1) is 24.0 Å². The monoisotopic (exact) mass is 333 g/mol. The molecule has 0 saturated carbocycles. The zero-order valence-electron chi connectivity index (χ0n) is 10.0. The Labute approximate surface area is 114 Å². The summed E-state index contributed by atoms with van der Waals surface area (Å²) in [7, 11) is 0. The third-order valence-electron chi connectivity index (χ3n) is 2.46. The quantitative estimate of drug-likeness (QED) is 0.506. The highest BCUT2D eigenvalue weighted by Crippen LogP contribution is 2.24. The van der Waals surface area contributed by atoms with Gasteiger partial charge in [0.25, 0.3) is 0 Å². The van der Waals surface area contributed by atoms with Gasteiger partial charge in [0.2, 0.25) is 0 Å². The van der Waals surface area contributed by atoms with E-state index in [0.29, 0.717) is 6.54 Å². The van der Waals surface area contributed by atoms with Crippen molar-refractivity contribution in [1.82, 2.24) is 0 Å². The molecule has 0 fully saturated rings. The largest absolute Gasteiger partial charge is 0.370 e. The minimum Gasteiger partial charge on any atom is -0.370 e. The summed E-state index contributed by atoms with van der Waals surface area (Å²) in [6, 6.07) is 8.42. The standard InChI is InChI=1S/C12H19N3.HI/c1-9-5-4-6-10(7-9)12(2,3)8-15-11(13)14;/h4-7H,8H2,1-3H3,(H4,13,14,15);1H. The van der Waals surface area contributed by atoms with Gasteiger partial charge < -0.3 is 11.5 Å². The molecule has 1 aromatic carbocycles. The maximum absolute atomic E-state index is 5.34. The predicted molar refractivity (Wildman–Crippen MR) is 80.3 cm³/mol. The summed E-state index contributed by atoms with van der Waals surface area (Å²) < 4.78 is 0. The van der Waals surface area contributed by atoms with Gasteiger partial charge in [-0.1, -0.05) is 43.7 Å². The second kappa shape index (κ2) is 6.08. The normalized spacial score (nSPS) is 10.4. The fourth-order valence-corrected chi connectivity index (χ4v) is 1.45. The van der Waals surface area contributed by atoms with Gasteiger partial charge in [0.1, 0.15) is 0 Å². The molecule has 0 unspecified atom stereocenters. The zero-order valence-corrected chi connectivity index (χ0v) is 12.4. The summed E-state index contributed by atoms with van der Waals surface area (Å²) in [6.07, 6.45) is 0. The predicted octanol–water partition coefficient (Wildman–Crippen LogP) is 2.16. The molecule has 0 heterocycles. The number of aryl methyl sites for hydroxylation is 1. The number of halogens is 1. The van der Waals surface area contributed by atoms with E-state index in [0.717, 1.165) is 0 Å². The molecule has 0 saturated heterocycles. The first-order valence-electron chi connectivity index (χ1n) is 5.04. The Hall–Kier alpha value is -0.780. The molecule has 1 rings (SSSR count). The fraction of sp³-hybridized carbons (Fsp3) is 0.417. The van der Waals surface area contributed by atoms with Crippen molar-refractivity contribution in [2.24, 2.45) is 16.5 Å². The second-order valence-electron chi connectivity index (χ2n) is 4.49. The van der Waals surface area contributed by atoms with Crippen molar-refractivity contribution in [2.45, 2.75) is 26.2 Å². The molecule has 16 heavy (non-hydrogen) atoms. The van der Waals surface area contributed by atoms with E-state index in [1.165, 1.54) is 11.1 Å². The summed E-state index contributed by atoms with van der Waals surface area (Å²) in [4.78, 5) is 4.07. The van der Waals surface area contributed by atoms with Crippen molar-refractivity contribution >= 4 is 29.9 Å². The smallest absolute Gasteiger partial charge is 0.185 e. The highest BCUT2D eigenvalue weighted by Gasteiger charge is 2.19. The molecule has 0 spiro atoms. The molecule has 0 aliphatic rings. The van der Waals surface area contributed by atoms with Gasteiger partial charge >= 0.3 is 0 Å². The molecule has 0 aliphatic carbocycles. The van der Waals surface area contributed by atoms with Crippen molar-refractivity contribution in [3.63, 3.8) is 0 Å². The fourth-order valence-electron chi connectivity index (χ4n) is 1.45. The van der Waals surface area contributed by atoms with Crippen molar-refractivity contribution in [2.75, 3.05) is 6.54 Å². The number of hydrogen-bond acceptors (Lipinski definition) is 1. The average molecular weight is 333 g/mol. The lowest BCUT2D eigenvalue weighted by Crippen LogP contribution is -2.28. The summed E-state index contributed by atoms with van der Waals surface area (Å²) in [5, 5.41) is 0. The molecule has 90 valence electrons. The topological polar surface area (TPSA) is 64.4 Å². The van der Waals surface area contributed by atoms with E-state index < -0.39 is 0 Å². The molecule has 1 aromatic rings. The molecule has 0 atom stereocenters. The van der Waals surface area contributed by atoms with E-state index in [1.54, 1.807) is 0 Å². The van der Waals surface area contributed by atoms with Gasteiger partial charge in [-0.05, 0) is 12.5 Å². The van der Waals surface area contributed by atoms with E-state index in [1.807, 2.05) is 0 Å². The summed E-state index contributed by atoms with van der Waals surface area (Å²) >= 11 is 0. The van der Waals surface area contributed by atoms with Crippen LogP contribution < -0.4 is 11.5 Å². The van der Waals surface area contributed by atoms with Crippen LogP contribution in [-0.4, -0.2) is 12.5 Å². The van der Waals surface area contributed by atoms with Gasteiger partial charge in [-0.25, -0.2) is 0 Å². The van der Waals surface area contributed by atoms with E-state index >= 15 is 0 Å². The SMILES string of the molecule is Cc1cccc(C(C)(C)CN=C(N)N)c1.I. The zero-order chi connectivity index (χ0) is 11.5. The summed E-state index contributed by atoms with van der Waals surface area (Å²) in [5.74, 6) is 0.149. The lowest BCUT2D eigenvalue weighted by Gasteiger charge is -2.23. The van der Waals surface area contributed by atoms with E-state index in [4.69, 9.17) is 11.5 Å². The Kier molecular flexibility index (Phi) is 5.78. The van der Waals surface area contributed by atoms with Crippen LogP contribution in [0.4, 0.5) is 0 Å². The molecule has 0 aromatic heterocycles. The van der Waals surface area contributed by atoms with Crippen LogP contribution in [-0.2, 0) is 5.41 Å². The highest BCUT2D eigenvalue weighted by molar-refractivity contribution is 14.0. The summed E-state index contributed by atoms with van der Waals surface area (Å²) in [5.41, 5.74) is 13.2. The maximum atomic E-state index is 5.34. The number of nitrogens with zero attached hydrogens (tertiary/aromatic N) is 1. The van der Waals surface area contributed by atoms with Crippen molar-refractivity contribution in [1.29, 1.82) is 0 Å². The molecule has 4 heteroatoms. The lowest BCUT2D eigenvalue weighted by molar-refractivity contribution is 0.539. The van der Waals surface area contributed by atoms with Crippen molar-refractivity contribution in [3.05, 3.63) is 35.4 Å². The van der Waals surface area contributed by atoms with Crippen LogP contribution in [0.3, 0.4) is 0 Å². The molecule has 3 nitrogen and oxygen atoms in total. The molecule has 4 N–H and O–H groups in total. The first kappa shape index (κ1) is 15.2. The van der Waals surface area contributed by atoms with Gasteiger partial charge in [0.15, 0.2) is 5.96 Å². The molecule has 0 amide bonds. The average Bonchev–Trinajstić information content (AvgIpc) is 2.15. The Morgan fingerprint density at radius 1 is 1.31 bits per heavy atom. The van der Waals surface area contributed by atoms with E-state index in [-0.39, 0.29) is 35.4 Å². The van der Waals surface area contributed by atoms with Crippen LogP contribution in [0.25, 0.3) is 0 Å². The molecular formula is C12H20IN3. The van der Waals surface area contributed by atoms with Crippen LogP contribution in [0.1, 0.15) is 25.0 Å². The second-order valence-corrected chi connectivity index (χ2v) is 4.49. The minimum atomic E-state index is -0.0317. The van der Waals surface area contributed by atoms with Gasteiger partial charge in [-0.3, -0.25) is 4.99 Å². The minimum absolute atomic E-state index is 0. The first-order valence-corrected chi connectivity index (χ1v) is 5.04. The number of rotatable bonds is 3. The first-order chi connectivity index (χ1) is 6.92. The Morgan fingerprint density at radius 3 is 2.44 bits per heavy atom. The molecule has 0 aliphatic heterocycles. The maximum Gasteiger partial charge on any atom is 0.185 e. The lowest BCUT2D eigenvalue weighted by atomic mass is 9.84. The van der Waals surface area contributed by atoms with Crippen molar-refractivity contribution < 1.29 is 0 Å². The van der Waals surface area contributed by atoms with E-state index in [2.05, 4.69) is 50.0 Å². The Morgan fingerprint density at radius 2 is 1.94 bits per heavy atom. The number of benzene rings is 1. The third kappa shape index (κ3) is 4.38. The van der Waals surface area contributed by atoms with Crippen LogP contribution in [0.15, 0.2) is 29.3 Å². The number of guanidine groups is 1. The van der Waals surface area contributed by atoms with Gasteiger partial charge in [0.05, 0.1) is 6.54 Å². The Bertz CT molecular complexity index is 368. The van der Waals surface area contributed by atoms with Crippen LogP contribution in [0, 0.1) is 6.92 Å². The van der Waals surface area contributed by atoms with Crippen LogP contribution >= 0.6 is 24.0 Å². The molecule has 0 bridgehead atoms. The van der Waals surface area contributed by atoms with Gasteiger partial charge in [-0.2, -0.15) is 0 Å². The van der Waals surface area contributed by atoms with Crippen LogP contribution in [0.2, 0.25) is 0 Å². The molecular weight excluding hydrogens is 313 g/mol. The molecule has 0 radical (unpaired) electrons.